The predicted molar refractivity (Wildman–Crippen MR) is 51.5 cm³/mol. The molecular weight excluding hydrogens is 192 g/mol. The van der Waals surface area contributed by atoms with Crippen molar-refractivity contribution in [1.82, 2.24) is 10.3 Å². The van der Waals surface area contributed by atoms with Crippen molar-refractivity contribution in [2.75, 3.05) is 0 Å². The van der Waals surface area contributed by atoms with Crippen molar-refractivity contribution >= 4 is 5.91 Å². The van der Waals surface area contributed by atoms with Crippen molar-refractivity contribution in [1.29, 1.82) is 10.5 Å². The van der Waals surface area contributed by atoms with Crippen LogP contribution in [0.3, 0.4) is 0 Å². The summed E-state index contributed by atoms with van der Waals surface area (Å²) in [6.45, 7) is 1.57. The number of aromatic nitrogens is 1. The zero-order valence-corrected chi connectivity index (χ0v) is 8.06. The largest absolute Gasteiger partial charge is 0.335 e. The number of nitriles is 2. The highest BCUT2D eigenvalue weighted by molar-refractivity contribution is 5.92. The number of hydrogen-bond donors (Lipinski definition) is 1. The molecule has 5 heteroatoms. The van der Waals surface area contributed by atoms with E-state index in [2.05, 4.69) is 10.3 Å². The van der Waals surface area contributed by atoms with E-state index in [0.29, 0.717) is 5.56 Å². The van der Waals surface area contributed by atoms with E-state index >= 15 is 0 Å². The number of nitrogens with zero attached hydrogens (tertiary/aromatic N) is 3. The summed E-state index contributed by atoms with van der Waals surface area (Å²) in [6, 6.07) is 6.16. The molecule has 0 radical (unpaired) electrons. The summed E-state index contributed by atoms with van der Waals surface area (Å²) in [5.74, 6) is -0.423. The lowest BCUT2D eigenvalue weighted by Crippen LogP contribution is -2.31. The Balaban J connectivity index is 2.76. The topological polar surface area (TPSA) is 89.6 Å². The van der Waals surface area contributed by atoms with Gasteiger partial charge in [0.05, 0.1) is 11.6 Å². The molecular formula is C10H8N4O. The van der Waals surface area contributed by atoms with Crippen molar-refractivity contribution in [3.8, 4) is 12.1 Å². The Bertz CT molecular complexity index is 438. The zero-order chi connectivity index (χ0) is 11.3. The van der Waals surface area contributed by atoms with Crippen LogP contribution in [0.5, 0.6) is 0 Å². The number of pyridine rings is 1. The summed E-state index contributed by atoms with van der Waals surface area (Å²) in [4.78, 5) is 15.2. The lowest BCUT2D eigenvalue weighted by molar-refractivity contribution is 0.0943. The Morgan fingerprint density at radius 1 is 1.53 bits per heavy atom. The third-order valence-electron chi connectivity index (χ3n) is 1.67. The second kappa shape index (κ2) is 4.73. The molecule has 1 unspecified atom stereocenters. The van der Waals surface area contributed by atoms with Gasteiger partial charge in [0.15, 0.2) is 0 Å². The SMILES string of the molecule is CC(C#N)NC(=O)c1ccc(C#N)cn1. The van der Waals surface area contributed by atoms with Crippen LogP contribution in [-0.4, -0.2) is 16.9 Å². The smallest absolute Gasteiger partial charge is 0.270 e. The van der Waals surface area contributed by atoms with E-state index in [1.165, 1.54) is 18.3 Å². The van der Waals surface area contributed by atoms with E-state index < -0.39 is 11.9 Å². The molecule has 5 nitrogen and oxygen atoms in total. The molecule has 0 saturated carbocycles. The first-order valence-electron chi connectivity index (χ1n) is 4.24. The van der Waals surface area contributed by atoms with E-state index in [1.807, 2.05) is 12.1 Å². The third-order valence-corrected chi connectivity index (χ3v) is 1.67. The highest BCUT2D eigenvalue weighted by Gasteiger charge is 2.09. The first kappa shape index (κ1) is 10.7. The molecule has 15 heavy (non-hydrogen) atoms. The van der Waals surface area contributed by atoms with Crippen LogP contribution in [0.4, 0.5) is 0 Å². The third kappa shape index (κ3) is 2.78. The van der Waals surface area contributed by atoms with Gasteiger partial charge >= 0.3 is 0 Å². The number of amides is 1. The highest BCUT2D eigenvalue weighted by Crippen LogP contribution is 1.98. The van der Waals surface area contributed by atoms with Crippen molar-refractivity contribution < 1.29 is 4.79 Å². The lowest BCUT2D eigenvalue weighted by atomic mass is 10.2. The number of rotatable bonds is 2. The van der Waals surface area contributed by atoms with E-state index in [9.17, 15) is 4.79 Å². The molecule has 1 atom stereocenters. The number of nitrogens with one attached hydrogen (secondary N) is 1. The standard InChI is InChI=1S/C10H8N4O/c1-7(4-11)14-10(15)9-3-2-8(5-12)6-13-9/h2-3,6-7H,1H3,(H,14,15). The first-order chi connectivity index (χ1) is 7.17. The van der Waals surface area contributed by atoms with Crippen molar-refractivity contribution in [2.45, 2.75) is 13.0 Å². The van der Waals surface area contributed by atoms with Gasteiger partial charge in [-0.3, -0.25) is 4.79 Å². The van der Waals surface area contributed by atoms with Crippen molar-refractivity contribution in [3.63, 3.8) is 0 Å². The highest BCUT2D eigenvalue weighted by atomic mass is 16.1. The number of carbonyl (C=O) groups is 1. The molecule has 1 heterocycles. The normalized spacial score (nSPS) is 10.9. The van der Waals surface area contributed by atoms with E-state index in [0.717, 1.165) is 0 Å². The average molecular weight is 200 g/mol. The van der Waals surface area contributed by atoms with Gasteiger partial charge in [0.2, 0.25) is 0 Å². The first-order valence-corrected chi connectivity index (χ1v) is 4.24. The molecule has 74 valence electrons. The Kier molecular flexibility index (Phi) is 3.37. The molecule has 0 spiro atoms. The van der Waals surface area contributed by atoms with Gasteiger partial charge in [-0.05, 0) is 19.1 Å². The molecule has 0 saturated heterocycles. The van der Waals surface area contributed by atoms with Gasteiger partial charge in [-0.15, -0.1) is 0 Å². The molecule has 1 aromatic rings. The number of carbonyl (C=O) groups excluding carboxylic acids is 1. The Morgan fingerprint density at radius 3 is 2.73 bits per heavy atom. The summed E-state index contributed by atoms with van der Waals surface area (Å²) < 4.78 is 0. The maximum Gasteiger partial charge on any atom is 0.270 e. The zero-order valence-electron chi connectivity index (χ0n) is 8.06. The molecule has 0 bridgehead atoms. The molecule has 0 aliphatic rings. The minimum absolute atomic E-state index is 0.191. The summed E-state index contributed by atoms with van der Waals surface area (Å²) in [5.41, 5.74) is 0.580. The summed E-state index contributed by atoms with van der Waals surface area (Å²) >= 11 is 0. The molecule has 0 aliphatic carbocycles. The van der Waals surface area contributed by atoms with E-state index in [-0.39, 0.29) is 5.69 Å². The Morgan fingerprint density at radius 2 is 2.27 bits per heavy atom. The lowest BCUT2D eigenvalue weighted by Gasteiger charge is -2.04. The minimum Gasteiger partial charge on any atom is -0.335 e. The van der Waals surface area contributed by atoms with Crippen LogP contribution in [-0.2, 0) is 0 Å². The predicted octanol–water partition coefficient (Wildman–Crippen LogP) is 0.595. The molecule has 1 N–H and O–H groups in total. The van der Waals surface area contributed by atoms with Crippen LogP contribution in [0.25, 0.3) is 0 Å². The minimum atomic E-state index is -0.560. The fourth-order valence-electron chi connectivity index (χ4n) is 0.897. The van der Waals surface area contributed by atoms with Gasteiger partial charge in [0.25, 0.3) is 5.91 Å². The van der Waals surface area contributed by atoms with Crippen LogP contribution in [0.2, 0.25) is 0 Å². The average Bonchev–Trinajstić information content (AvgIpc) is 2.29. The van der Waals surface area contributed by atoms with Gasteiger partial charge in [-0.25, -0.2) is 4.98 Å². The van der Waals surface area contributed by atoms with E-state index in [1.54, 1.807) is 6.92 Å². The van der Waals surface area contributed by atoms with Gasteiger partial charge in [0, 0.05) is 6.20 Å². The Labute approximate surface area is 87.0 Å². The molecule has 0 aliphatic heterocycles. The molecule has 1 aromatic heterocycles. The maximum atomic E-state index is 11.4. The molecule has 0 aromatic carbocycles. The molecule has 1 rings (SSSR count). The maximum absolute atomic E-state index is 11.4. The summed E-state index contributed by atoms with van der Waals surface area (Å²) in [5, 5.41) is 19.4. The van der Waals surface area contributed by atoms with Crippen LogP contribution < -0.4 is 5.32 Å². The van der Waals surface area contributed by atoms with E-state index in [4.69, 9.17) is 10.5 Å². The van der Waals surface area contributed by atoms with Crippen LogP contribution in [0.1, 0.15) is 23.0 Å². The van der Waals surface area contributed by atoms with Crippen LogP contribution in [0, 0.1) is 22.7 Å². The monoisotopic (exact) mass is 200 g/mol. The van der Waals surface area contributed by atoms with Crippen molar-refractivity contribution in [2.24, 2.45) is 0 Å². The molecule has 0 fully saturated rings. The summed E-state index contributed by atoms with van der Waals surface area (Å²) in [6.07, 6.45) is 1.31. The van der Waals surface area contributed by atoms with Crippen LogP contribution in [0.15, 0.2) is 18.3 Å². The van der Waals surface area contributed by atoms with Crippen molar-refractivity contribution in [3.05, 3.63) is 29.6 Å². The summed E-state index contributed by atoms with van der Waals surface area (Å²) in [7, 11) is 0. The quantitative estimate of drug-likeness (QED) is 0.756. The fraction of sp³-hybridized carbons (Fsp3) is 0.200. The van der Waals surface area contributed by atoms with Gasteiger partial charge in [-0.1, -0.05) is 0 Å². The Hall–Kier alpha value is -2.40. The number of hydrogen-bond acceptors (Lipinski definition) is 4. The fourth-order valence-corrected chi connectivity index (χ4v) is 0.897. The second-order valence-corrected chi connectivity index (χ2v) is 2.87. The van der Waals surface area contributed by atoms with Gasteiger partial charge in [-0.2, -0.15) is 10.5 Å². The second-order valence-electron chi connectivity index (χ2n) is 2.87. The molecule has 1 amide bonds. The van der Waals surface area contributed by atoms with Gasteiger partial charge < -0.3 is 5.32 Å². The van der Waals surface area contributed by atoms with Gasteiger partial charge in [0.1, 0.15) is 17.8 Å². The van der Waals surface area contributed by atoms with Crippen LogP contribution >= 0.6 is 0 Å².